The van der Waals surface area contributed by atoms with E-state index in [4.69, 9.17) is 5.11 Å². The van der Waals surface area contributed by atoms with Gasteiger partial charge in [0.1, 0.15) is 0 Å². The van der Waals surface area contributed by atoms with Crippen LogP contribution < -0.4 is 10.6 Å². The fourth-order valence-corrected chi connectivity index (χ4v) is 2.48. The molecule has 3 N–H and O–H groups in total. The third kappa shape index (κ3) is 4.64. The molecule has 4 heteroatoms. The van der Waals surface area contributed by atoms with Gasteiger partial charge in [-0.05, 0) is 37.6 Å². The highest BCUT2D eigenvalue weighted by molar-refractivity contribution is 5.82. The first-order valence-corrected chi connectivity index (χ1v) is 6.81. The number of hydrogen-bond acceptors (Lipinski definition) is 3. The van der Waals surface area contributed by atoms with Gasteiger partial charge in [-0.15, -0.1) is 0 Å². The third-order valence-electron chi connectivity index (χ3n) is 3.61. The van der Waals surface area contributed by atoms with Gasteiger partial charge in [0.15, 0.2) is 0 Å². The molecule has 0 spiro atoms. The molecule has 100 valence electrons. The predicted octanol–water partition coefficient (Wildman–Crippen LogP) is 0.899. The van der Waals surface area contributed by atoms with Crippen LogP contribution in [0.15, 0.2) is 0 Å². The van der Waals surface area contributed by atoms with Crippen molar-refractivity contribution in [1.29, 1.82) is 0 Å². The predicted molar refractivity (Wildman–Crippen MR) is 68.7 cm³/mol. The van der Waals surface area contributed by atoms with E-state index in [9.17, 15) is 4.79 Å². The van der Waals surface area contributed by atoms with Crippen molar-refractivity contribution >= 4 is 5.91 Å². The van der Waals surface area contributed by atoms with Gasteiger partial charge in [-0.2, -0.15) is 0 Å². The van der Waals surface area contributed by atoms with Crippen LogP contribution in [0, 0.1) is 11.8 Å². The molecule has 3 unspecified atom stereocenters. The van der Waals surface area contributed by atoms with Gasteiger partial charge in [0.2, 0.25) is 5.91 Å². The average molecular weight is 242 g/mol. The fourth-order valence-electron chi connectivity index (χ4n) is 2.48. The van der Waals surface area contributed by atoms with Gasteiger partial charge in [0, 0.05) is 13.2 Å². The highest BCUT2D eigenvalue weighted by atomic mass is 16.3. The third-order valence-corrected chi connectivity index (χ3v) is 3.61. The van der Waals surface area contributed by atoms with E-state index >= 15 is 0 Å². The molecule has 1 saturated heterocycles. The van der Waals surface area contributed by atoms with Crippen molar-refractivity contribution in [1.82, 2.24) is 10.6 Å². The van der Waals surface area contributed by atoms with Gasteiger partial charge in [-0.25, -0.2) is 0 Å². The first-order chi connectivity index (χ1) is 8.19. The molecular formula is C13H26N2O2. The molecule has 0 radical (unpaired) electrons. The summed E-state index contributed by atoms with van der Waals surface area (Å²) < 4.78 is 0. The molecule has 4 nitrogen and oxygen atoms in total. The Hall–Kier alpha value is -0.610. The number of aliphatic hydroxyl groups is 1. The first kappa shape index (κ1) is 14.5. The van der Waals surface area contributed by atoms with E-state index in [-0.39, 0.29) is 18.6 Å². The second-order valence-corrected chi connectivity index (χ2v) is 5.11. The lowest BCUT2D eigenvalue weighted by atomic mass is 9.99. The number of hydrogen-bond donors (Lipinski definition) is 3. The molecule has 0 aromatic rings. The van der Waals surface area contributed by atoms with E-state index in [0.717, 1.165) is 32.2 Å². The minimum atomic E-state index is -0.0218. The number of rotatable bonds is 7. The van der Waals surface area contributed by atoms with Crippen LogP contribution in [0.25, 0.3) is 0 Å². The van der Waals surface area contributed by atoms with Crippen LogP contribution in [0.5, 0.6) is 0 Å². The molecule has 0 aromatic carbocycles. The Morgan fingerprint density at radius 3 is 2.82 bits per heavy atom. The van der Waals surface area contributed by atoms with Crippen LogP contribution >= 0.6 is 0 Å². The fraction of sp³-hybridized carbons (Fsp3) is 0.923. The molecule has 3 atom stereocenters. The molecule has 1 rings (SSSR count). The summed E-state index contributed by atoms with van der Waals surface area (Å²) in [5.74, 6) is 0.956. The zero-order valence-electron chi connectivity index (χ0n) is 11.0. The Morgan fingerprint density at radius 2 is 2.29 bits per heavy atom. The average Bonchev–Trinajstić information content (AvgIpc) is 2.72. The number of nitrogens with one attached hydrogen (secondary N) is 2. The SMILES string of the molecule is CCCC(CCO)CNC(=O)C1NCCC1C. The van der Waals surface area contributed by atoms with Crippen molar-refractivity contribution < 1.29 is 9.90 Å². The number of aliphatic hydroxyl groups excluding tert-OH is 1. The van der Waals surface area contributed by atoms with Crippen molar-refractivity contribution in [3.63, 3.8) is 0 Å². The van der Waals surface area contributed by atoms with Gasteiger partial charge >= 0.3 is 0 Å². The zero-order valence-corrected chi connectivity index (χ0v) is 11.0. The summed E-state index contributed by atoms with van der Waals surface area (Å²) >= 11 is 0. The van der Waals surface area contributed by atoms with E-state index in [1.807, 2.05) is 0 Å². The first-order valence-electron chi connectivity index (χ1n) is 6.81. The smallest absolute Gasteiger partial charge is 0.237 e. The quantitative estimate of drug-likeness (QED) is 0.621. The van der Waals surface area contributed by atoms with Crippen LogP contribution in [-0.2, 0) is 4.79 Å². The lowest BCUT2D eigenvalue weighted by molar-refractivity contribution is -0.123. The van der Waals surface area contributed by atoms with E-state index in [1.165, 1.54) is 0 Å². The Balaban J connectivity index is 2.29. The molecule has 0 aliphatic carbocycles. The number of carbonyl (C=O) groups is 1. The second kappa shape index (κ2) is 7.67. The lowest BCUT2D eigenvalue weighted by Gasteiger charge is -2.19. The molecular weight excluding hydrogens is 216 g/mol. The summed E-state index contributed by atoms with van der Waals surface area (Å²) in [7, 11) is 0. The molecule has 17 heavy (non-hydrogen) atoms. The van der Waals surface area contributed by atoms with Gasteiger partial charge < -0.3 is 15.7 Å². The number of amides is 1. The Labute approximate surface area is 104 Å². The Morgan fingerprint density at radius 1 is 1.53 bits per heavy atom. The minimum absolute atomic E-state index is 0.0218. The molecule has 0 saturated carbocycles. The van der Waals surface area contributed by atoms with Gasteiger partial charge in [-0.1, -0.05) is 20.3 Å². The highest BCUT2D eigenvalue weighted by Gasteiger charge is 2.29. The number of carbonyl (C=O) groups excluding carboxylic acids is 1. The van der Waals surface area contributed by atoms with Crippen molar-refractivity contribution in [3.05, 3.63) is 0 Å². The summed E-state index contributed by atoms with van der Waals surface area (Å²) in [4.78, 5) is 11.9. The van der Waals surface area contributed by atoms with E-state index in [0.29, 0.717) is 18.4 Å². The summed E-state index contributed by atoms with van der Waals surface area (Å²) in [5.41, 5.74) is 0. The van der Waals surface area contributed by atoms with Crippen LogP contribution in [0.3, 0.4) is 0 Å². The van der Waals surface area contributed by atoms with E-state index in [1.54, 1.807) is 0 Å². The van der Waals surface area contributed by atoms with Crippen LogP contribution in [0.4, 0.5) is 0 Å². The monoisotopic (exact) mass is 242 g/mol. The van der Waals surface area contributed by atoms with Crippen LogP contribution in [0.2, 0.25) is 0 Å². The maximum atomic E-state index is 11.9. The molecule has 1 amide bonds. The standard InChI is InChI=1S/C13H26N2O2/c1-3-4-11(6-8-16)9-15-13(17)12-10(2)5-7-14-12/h10-12,14,16H,3-9H2,1-2H3,(H,15,17). The maximum absolute atomic E-state index is 11.9. The van der Waals surface area contributed by atoms with Gasteiger partial charge in [-0.3, -0.25) is 4.79 Å². The van der Waals surface area contributed by atoms with Crippen molar-refractivity contribution in [2.24, 2.45) is 11.8 Å². The highest BCUT2D eigenvalue weighted by Crippen LogP contribution is 2.15. The molecule has 0 aromatic heterocycles. The van der Waals surface area contributed by atoms with Crippen LogP contribution in [-0.4, -0.2) is 36.8 Å². The van der Waals surface area contributed by atoms with Crippen LogP contribution in [0.1, 0.15) is 39.5 Å². The Kier molecular flexibility index (Phi) is 6.52. The van der Waals surface area contributed by atoms with E-state index in [2.05, 4.69) is 24.5 Å². The van der Waals surface area contributed by atoms with Crippen molar-refractivity contribution in [2.45, 2.75) is 45.6 Å². The molecule has 1 aliphatic rings. The van der Waals surface area contributed by atoms with Crippen molar-refractivity contribution in [2.75, 3.05) is 19.7 Å². The Bertz CT molecular complexity index is 227. The molecule has 1 heterocycles. The molecule has 0 bridgehead atoms. The summed E-state index contributed by atoms with van der Waals surface area (Å²) in [6.07, 6.45) is 4.02. The summed E-state index contributed by atoms with van der Waals surface area (Å²) in [5, 5.41) is 15.2. The minimum Gasteiger partial charge on any atom is -0.396 e. The van der Waals surface area contributed by atoms with E-state index < -0.39 is 0 Å². The normalized spacial score (nSPS) is 25.8. The van der Waals surface area contributed by atoms with Gasteiger partial charge in [0.25, 0.3) is 0 Å². The van der Waals surface area contributed by atoms with Crippen molar-refractivity contribution in [3.8, 4) is 0 Å². The topological polar surface area (TPSA) is 61.4 Å². The zero-order chi connectivity index (χ0) is 12.7. The largest absolute Gasteiger partial charge is 0.396 e. The molecule has 1 aliphatic heterocycles. The second-order valence-electron chi connectivity index (χ2n) is 5.11. The lowest BCUT2D eigenvalue weighted by Crippen LogP contribution is -2.44. The summed E-state index contributed by atoms with van der Waals surface area (Å²) in [6.45, 7) is 6.08. The van der Waals surface area contributed by atoms with Gasteiger partial charge in [0.05, 0.1) is 6.04 Å². The molecule has 1 fully saturated rings. The maximum Gasteiger partial charge on any atom is 0.237 e. The summed E-state index contributed by atoms with van der Waals surface area (Å²) in [6, 6.07) is -0.0218.